The zero-order chi connectivity index (χ0) is 17.8. The van der Waals surface area contributed by atoms with Crippen molar-refractivity contribution in [2.24, 2.45) is 10.4 Å². The molecule has 9 heteroatoms. The number of ether oxygens (including phenoxy) is 1. The molecule has 0 aromatic carbocycles. The van der Waals surface area contributed by atoms with Crippen molar-refractivity contribution in [2.45, 2.75) is 57.6 Å². The molecule has 1 amide bonds. The Morgan fingerprint density at radius 2 is 2.17 bits per heavy atom. The van der Waals surface area contributed by atoms with E-state index in [1.165, 1.54) is 0 Å². The van der Waals surface area contributed by atoms with Crippen LogP contribution in [0.3, 0.4) is 0 Å². The molecule has 2 unspecified atom stereocenters. The second-order valence-corrected chi connectivity index (χ2v) is 7.83. The van der Waals surface area contributed by atoms with Gasteiger partial charge in [-0.25, -0.2) is 0 Å². The zero-order valence-corrected chi connectivity index (χ0v) is 14.1. The van der Waals surface area contributed by atoms with Gasteiger partial charge in [-0.3, -0.25) is 4.79 Å². The van der Waals surface area contributed by atoms with Gasteiger partial charge < -0.3 is 9.30 Å². The largest absolute Gasteiger partial charge is 0.376 e. The van der Waals surface area contributed by atoms with Crippen LogP contribution in [0.15, 0.2) is 11.2 Å². The number of carbonyl (C=O) groups is 1. The summed E-state index contributed by atoms with van der Waals surface area (Å²) in [5, 5.41) is 0. The molecule has 24 heavy (non-hydrogen) atoms. The maximum atomic E-state index is 13.7. The summed E-state index contributed by atoms with van der Waals surface area (Å²) in [5.74, 6) is -9.75. The molecule has 1 aromatic heterocycles. The molecule has 1 aromatic rings. The van der Waals surface area contributed by atoms with Crippen LogP contribution in [0.1, 0.15) is 31.1 Å². The van der Waals surface area contributed by atoms with E-state index in [1.807, 2.05) is 0 Å². The molecule has 1 saturated carbocycles. The highest BCUT2D eigenvalue weighted by Crippen LogP contribution is 2.63. The third-order valence-electron chi connectivity index (χ3n) is 4.66. The first kappa shape index (κ1) is 17.6. The van der Waals surface area contributed by atoms with E-state index in [9.17, 15) is 22.4 Å². The molecular formula is C15H18F4N2O2S. The van der Waals surface area contributed by atoms with Crippen LogP contribution in [0.5, 0.6) is 0 Å². The first-order valence-corrected chi connectivity index (χ1v) is 8.52. The van der Waals surface area contributed by atoms with Crippen LogP contribution < -0.4 is 4.80 Å². The van der Waals surface area contributed by atoms with Gasteiger partial charge in [0.15, 0.2) is 4.80 Å². The van der Waals surface area contributed by atoms with Crippen molar-refractivity contribution in [2.75, 3.05) is 6.61 Å². The van der Waals surface area contributed by atoms with E-state index in [2.05, 4.69) is 4.99 Å². The van der Waals surface area contributed by atoms with Crippen LogP contribution in [0.4, 0.5) is 17.6 Å². The summed E-state index contributed by atoms with van der Waals surface area (Å²) in [5.41, 5.74) is -2.46. The Labute approximate surface area is 140 Å². The molecular weight excluding hydrogens is 348 g/mol. The topological polar surface area (TPSA) is 43.6 Å². The summed E-state index contributed by atoms with van der Waals surface area (Å²) in [7, 11) is 0. The van der Waals surface area contributed by atoms with E-state index >= 15 is 0 Å². The number of alkyl halides is 4. The first-order valence-electron chi connectivity index (χ1n) is 7.70. The molecule has 1 aliphatic carbocycles. The Kier molecular flexibility index (Phi) is 4.15. The Bertz CT molecular complexity index is 721. The number of hydrogen-bond acceptors (Lipinski definition) is 3. The first-order chi connectivity index (χ1) is 11.1. The molecule has 2 heterocycles. The molecule has 4 nitrogen and oxygen atoms in total. The van der Waals surface area contributed by atoms with E-state index in [-0.39, 0.29) is 10.9 Å². The van der Waals surface area contributed by atoms with E-state index < -0.39 is 29.6 Å². The van der Waals surface area contributed by atoms with Crippen LogP contribution in [0.25, 0.3) is 0 Å². The number of thiazole rings is 1. The normalized spacial score (nSPS) is 31.9. The highest BCUT2D eigenvalue weighted by molar-refractivity contribution is 7.09. The summed E-state index contributed by atoms with van der Waals surface area (Å²) in [6, 6.07) is 0. The monoisotopic (exact) mass is 366 g/mol. The van der Waals surface area contributed by atoms with Gasteiger partial charge in [0.25, 0.3) is 5.91 Å². The van der Waals surface area contributed by atoms with Crippen molar-refractivity contribution in [3.63, 3.8) is 0 Å². The number of amides is 1. The lowest BCUT2D eigenvalue weighted by Crippen LogP contribution is -2.68. The molecule has 2 aliphatic rings. The van der Waals surface area contributed by atoms with Crippen LogP contribution >= 0.6 is 11.3 Å². The summed E-state index contributed by atoms with van der Waals surface area (Å²) >= 11 is 1.16. The van der Waals surface area contributed by atoms with Crippen LogP contribution in [0.2, 0.25) is 0 Å². The van der Waals surface area contributed by atoms with Gasteiger partial charge in [-0.2, -0.15) is 22.6 Å². The van der Waals surface area contributed by atoms with Gasteiger partial charge in [0.05, 0.1) is 12.6 Å². The maximum absolute atomic E-state index is 13.7. The molecule has 0 N–H and O–H groups in total. The van der Waals surface area contributed by atoms with E-state index in [1.54, 1.807) is 17.7 Å². The Morgan fingerprint density at radius 3 is 2.71 bits per heavy atom. The standard InChI is InChI=1S/C15H18F4N2O2S/c1-9-6-21(7-10-4-3-5-23-10)12(24-9)20-11(22)13(2)8-14(16,17)15(13,18)19/h6,10H,3-5,7-8H2,1-2H3/b20-12-. The lowest BCUT2D eigenvalue weighted by atomic mass is 9.63. The minimum absolute atomic E-state index is 0.0156. The van der Waals surface area contributed by atoms with Gasteiger partial charge in [0.1, 0.15) is 5.41 Å². The molecule has 0 spiro atoms. The molecule has 0 bridgehead atoms. The molecule has 3 rings (SSSR count). The fourth-order valence-corrected chi connectivity index (χ4v) is 3.95. The smallest absolute Gasteiger partial charge is 0.324 e. The quantitative estimate of drug-likeness (QED) is 0.772. The summed E-state index contributed by atoms with van der Waals surface area (Å²) in [4.78, 5) is 17.0. The Hall–Kier alpha value is -1.22. The Morgan fingerprint density at radius 1 is 1.46 bits per heavy atom. The third kappa shape index (κ3) is 2.61. The van der Waals surface area contributed by atoms with E-state index in [0.717, 1.165) is 36.0 Å². The fourth-order valence-electron chi connectivity index (χ4n) is 3.11. The van der Waals surface area contributed by atoms with Crippen molar-refractivity contribution in [3.05, 3.63) is 15.9 Å². The summed E-state index contributed by atoms with van der Waals surface area (Å²) < 4.78 is 60.8. The molecule has 2 fully saturated rings. The minimum Gasteiger partial charge on any atom is -0.376 e. The zero-order valence-electron chi connectivity index (χ0n) is 13.3. The second kappa shape index (κ2) is 5.66. The third-order valence-corrected chi connectivity index (χ3v) is 5.59. The van der Waals surface area contributed by atoms with Crippen molar-refractivity contribution in [3.8, 4) is 0 Å². The molecule has 2 atom stereocenters. The average molecular weight is 366 g/mol. The van der Waals surface area contributed by atoms with Crippen molar-refractivity contribution < 1.29 is 27.1 Å². The number of aromatic nitrogens is 1. The lowest BCUT2D eigenvalue weighted by Gasteiger charge is -2.49. The van der Waals surface area contributed by atoms with Gasteiger partial charge in [0, 0.05) is 24.1 Å². The van der Waals surface area contributed by atoms with Gasteiger partial charge in [0.2, 0.25) is 0 Å². The van der Waals surface area contributed by atoms with Crippen molar-refractivity contribution in [1.29, 1.82) is 0 Å². The molecule has 0 radical (unpaired) electrons. The number of aryl methyl sites for hydroxylation is 1. The lowest BCUT2D eigenvalue weighted by molar-refractivity contribution is -0.339. The van der Waals surface area contributed by atoms with Crippen LogP contribution in [0, 0.1) is 12.3 Å². The van der Waals surface area contributed by atoms with Crippen LogP contribution in [-0.4, -0.2) is 35.0 Å². The van der Waals surface area contributed by atoms with Gasteiger partial charge >= 0.3 is 11.8 Å². The molecule has 1 saturated heterocycles. The number of hydrogen-bond donors (Lipinski definition) is 0. The second-order valence-electron chi connectivity index (χ2n) is 6.62. The van der Waals surface area contributed by atoms with E-state index in [0.29, 0.717) is 13.2 Å². The molecule has 134 valence electrons. The van der Waals surface area contributed by atoms with Gasteiger partial charge in [-0.1, -0.05) is 0 Å². The van der Waals surface area contributed by atoms with Crippen molar-refractivity contribution >= 4 is 17.2 Å². The predicted molar refractivity (Wildman–Crippen MR) is 79.2 cm³/mol. The average Bonchev–Trinajstić information content (AvgIpc) is 3.09. The van der Waals surface area contributed by atoms with Gasteiger partial charge in [-0.05, 0) is 26.7 Å². The van der Waals surface area contributed by atoms with E-state index in [4.69, 9.17) is 4.74 Å². The SMILES string of the molecule is Cc1cn(CC2CCCO2)/c(=N/C(=O)C2(C)CC(F)(F)C2(F)F)s1. The molecule has 1 aliphatic heterocycles. The Balaban J connectivity index is 1.87. The highest BCUT2D eigenvalue weighted by atomic mass is 32.1. The van der Waals surface area contributed by atoms with Gasteiger partial charge in [-0.15, -0.1) is 11.3 Å². The number of carbonyl (C=O) groups excluding carboxylic acids is 1. The summed E-state index contributed by atoms with van der Waals surface area (Å²) in [6.07, 6.45) is 2.37. The minimum atomic E-state index is -4.38. The number of halogens is 4. The highest BCUT2D eigenvalue weighted by Gasteiger charge is 2.81. The van der Waals surface area contributed by atoms with Crippen molar-refractivity contribution in [1.82, 2.24) is 4.57 Å². The number of rotatable bonds is 3. The fraction of sp³-hybridized carbons (Fsp3) is 0.733. The summed E-state index contributed by atoms with van der Waals surface area (Å²) in [6.45, 7) is 3.77. The predicted octanol–water partition coefficient (Wildman–Crippen LogP) is 3.14. The van der Waals surface area contributed by atoms with Crippen LogP contribution in [-0.2, 0) is 16.1 Å². The number of nitrogens with zero attached hydrogens (tertiary/aromatic N) is 2. The maximum Gasteiger partial charge on any atom is 0.324 e.